The van der Waals surface area contributed by atoms with Gasteiger partial charge in [0.2, 0.25) is 0 Å². The molecule has 0 aromatic heterocycles. The van der Waals surface area contributed by atoms with Gasteiger partial charge in [0.15, 0.2) is 0 Å². The minimum atomic E-state index is -11.1. The van der Waals surface area contributed by atoms with Gasteiger partial charge in [-0.15, -0.1) is 0 Å². The van der Waals surface area contributed by atoms with Crippen molar-refractivity contribution in [3.8, 4) is 0 Å². The van der Waals surface area contributed by atoms with Crippen LogP contribution in [0.5, 0.6) is 0 Å². The summed E-state index contributed by atoms with van der Waals surface area (Å²) in [7, 11) is 0. The van der Waals surface area contributed by atoms with Crippen LogP contribution in [0.4, 0.5) is 228 Å². The Morgan fingerprint density at radius 1 is 0.138 bits per heavy atom. The summed E-state index contributed by atoms with van der Waals surface area (Å²) in [6.45, 7) is 0. The maximum atomic E-state index is 15.5. The van der Waals surface area contributed by atoms with Gasteiger partial charge in [-0.25, -0.2) is 0 Å². The summed E-state index contributed by atoms with van der Waals surface area (Å²) >= 11 is 0. The standard InChI is InChI=1S/C28H2F52/c29-5(30,9(37,38)21(61,62)25(69,70)71)1-3(7(33,34)11(41,42)13(45,46)15(49,50)17(53,54)19(57,58)23(65,66)27(75,76)77)4(2-6(31,32)10(39,40)22(63,64)26(72,73)74)8(35,36)12(43,44)14(47,48)16(51,52)18(55,56)20(59,60)24(67,68)28(78,79)80/h1-2H. The number of rotatable bonds is 21. The summed E-state index contributed by atoms with van der Waals surface area (Å²) in [6, 6.07) is 0. The van der Waals surface area contributed by atoms with Crippen LogP contribution in [0.1, 0.15) is 0 Å². The number of alkyl halides is 52. The van der Waals surface area contributed by atoms with Gasteiger partial charge in [-0.3, -0.25) is 0 Å². The summed E-state index contributed by atoms with van der Waals surface area (Å²) in [6.07, 6.45) is -46.2. The molecule has 0 aliphatic rings. The van der Waals surface area contributed by atoms with Gasteiger partial charge in [0.1, 0.15) is 0 Å². The fourth-order valence-corrected chi connectivity index (χ4v) is 4.66. The molecule has 0 saturated carbocycles. The first kappa shape index (κ1) is 75.8. The molecule has 0 aliphatic heterocycles. The molecule has 0 rings (SSSR count). The molecule has 0 N–H and O–H groups in total. The second-order valence-electron chi connectivity index (χ2n) is 14.7. The maximum absolute atomic E-state index is 15.5. The zero-order valence-electron chi connectivity index (χ0n) is 33.8. The molecule has 0 spiro atoms. The highest BCUT2D eigenvalue weighted by Gasteiger charge is 2.98. The molecule has 80 heavy (non-hydrogen) atoms. The number of hydrogen-bond donors (Lipinski definition) is 0. The molecule has 0 heterocycles. The highest BCUT2D eigenvalue weighted by molar-refractivity contribution is 5.49. The van der Waals surface area contributed by atoms with Crippen molar-refractivity contribution in [1.82, 2.24) is 0 Å². The Hall–Kier alpha value is -4.16. The molecule has 0 fully saturated rings. The highest BCUT2D eigenvalue weighted by Crippen LogP contribution is 2.70. The fraction of sp³-hybridized carbons (Fsp3) is 0.857. The van der Waals surface area contributed by atoms with Crippen LogP contribution >= 0.6 is 0 Å². The van der Waals surface area contributed by atoms with Crippen LogP contribution in [0.2, 0.25) is 0 Å². The van der Waals surface area contributed by atoms with Gasteiger partial charge in [-0.2, -0.15) is 228 Å². The van der Waals surface area contributed by atoms with E-state index in [0.717, 1.165) is 0 Å². The van der Waals surface area contributed by atoms with E-state index in [1.54, 1.807) is 0 Å². The third-order valence-electron chi connectivity index (χ3n) is 9.40. The maximum Gasteiger partial charge on any atom is 0.460 e. The molecule has 52 heteroatoms. The lowest BCUT2D eigenvalue weighted by molar-refractivity contribution is -0.461. The van der Waals surface area contributed by atoms with E-state index in [0.29, 0.717) is 0 Å². The van der Waals surface area contributed by atoms with Gasteiger partial charge in [0.05, 0.1) is 0 Å². The van der Waals surface area contributed by atoms with Crippen LogP contribution in [0.25, 0.3) is 0 Å². The van der Waals surface area contributed by atoms with Gasteiger partial charge in [0.25, 0.3) is 0 Å². The van der Waals surface area contributed by atoms with Crippen molar-refractivity contribution in [1.29, 1.82) is 0 Å². The lowest BCUT2D eigenvalue weighted by Crippen LogP contribution is -2.75. The second kappa shape index (κ2) is 18.7. The van der Waals surface area contributed by atoms with E-state index >= 15 is 17.6 Å². The molecule has 0 unspecified atom stereocenters. The van der Waals surface area contributed by atoms with E-state index in [4.69, 9.17) is 0 Å². The summed E-state index contributed by atoms with van der Waals surface area (Å²) in [5.74, 6) is -206. The van der Waals surface area contributed by atoms with Crippen LogP contribution in [-0.4, -0.2) is 143 Å². The first-order valence-corrected chi connectivity index (χ1v) is 16.7. The van der Waals surface area contributed by atoms with Crippen LogP contribution < -0.4 is 0 Å². The molecule has 0 aromatic rings. The third-order valence-corrected chi connectivity index (χ3v) is 9.40. The minimum absolute atomic E-state index is 5.28. The molecular weight excluding hydrogens is 1320 g/mol. The lowest BCUT2D eigenvalue weighted by Gasteiger charge is -2.45. The third kappa shape index (κ3) is 9.62. The van der Waals surface area contributed by atoms with Crippen molar-refractivity contribution in [2.45, 2.75) is 143 Å². The Bertz CT molecular complexity index is 2130. The molecular formula is C28H2F52. The molecule has 0 atom stereocenters. The van der Waals surface area contributed by atoms with Crippen molar-refractivity contribution in [2.75, 3.05) is 0 Å². The number of hydrogen-bond acceptors (Lipinski definition) is 0. The first-order valence-electron chi connectivity index (χ1n) is 16.7. The second-order valence-corrected chi connectivity index (χ2v) is 14.7. The molecule has 0 saturated heterocycles. The topological polar surface area (TPSA) is 0 Å². The van der Waals surface area contributed by atoms with Crippen molar-refractivity contribution in [3.63, 3.8) is 0 Å². The molecule has 0 aliphatic carbocycles. The average molecular weight is 1330 g/mol. The molecule has 478 valence electrons. The highest BCUT2D eigenvalue weighted by atomic mass is 19.5. The molecule has 0 radical (unpaired) electrons. The SMILES string of the molecule is FC(F)(F)C(F)(F)C(F)(F)C(F)(F)C=C(C(=CC(F)(F)C(F)(F)C(F)(F)C(F)(F)F)C(F)(F)C(F)(F)C(F)(F)C(F)(F)C(F)(F)C(F)(F)C(F)(F)C(F)(F)F)C(F)(F)C(F)(F)C(F)(F)C(F)(F)C(F)(F)C(F)(F)C(F)(F)C(F)(F)F. The Balaban J connectivity index is 10.6. The van der Waals surface area contributed by atoms with Gasteiger partial charge < -0.3 is 0 Å². The smallest absolute Gasteiger partial charge is 0.195 e. The van der Waals surface area contributed by atoms with Gasteiger partial charge in [-0.05, 0) is 0 Å². The van der Waals surface area contributed by atoms with Crippen molar-refractivity contribution in [2.24, 2.45) is 0 Å². The van der Waals surface area contributed by atoms with E-state index in [-0.39, 0.29) is 0 Å². The zero-order chi connectivity index (χ0) is 66.6. The van der Waals surface area contributed by atoms with E-state index in [1.807, 2.05) is 0 Å². The molecule has 0 aromatic carbocycles. The monoisotopic (exact) mass is 1330 g/mol. The largest absolute Gasteiger partial charge is 0.460 e. The summed E-state index contributed by atoms with van der Waals surface area (Å²) in [5.41, 5.74) is -15.6. The predicted octanol–water partition coefficient (Wildman–Crippen LogP) is 17.8. The van der Waals surface area contributed by atoms with E-state index in [1.165, 1.54) is 0 Å². The fourth-order valence-electron chi connectivity index (χ4n) is 4.66. The van der Waals surface area contributed by atoms with E-state index in [2.05, 4.69) is 0 Å². The van der Waals surface area contributed by atoms with E-state index in [9.17, 15) is 211 Å². The van der Waals surface area contributed by atoms with E-state index < -0.39 is 166 Å². The molecule has 0 nitrogen and oxygen atoms in total. The average Bonchev–Trinajstić information content (AvgIpc) is 3.18. The molecule has 0 amide bonds. The van der Waals surface area contributed by atoms with Gasteiger partial charge in [-0.1, -0.05) is 0 Å². The van der Waals surface area contributed by atoms with Crippen molar-refractivity contribution >= 4 is 0 Å². The Morgan fingerprint density at radius 2 is 0.250 bits per heavy atom. The normalized spacial score (nSPS) is 17.6. The number of allylic oxidation sites excluding steroid dienone is 4. The number of halogens is 52. The molecule has 0 bridgehead atoms. The van der Waals surface area contributed by atoms with Gasteiger partial charge >= 0.3 is 143 Å². The minimum Gasteiger partial charge on any atom is -0.195 e. The Morgan fingerprint density at radius 3 is 0.388 bits per heavy atom. The zero-order valence-corrected chi connectivity index (χ0v) is 33.8. The quantitative estimate of drug-likeness (QED) is 0.0794. The summed E-state index contributed by atoms with van der Waals surface area (Å²) < 4.78 is 721. The van der Waals surface area contributed by atoms with Crippen LogP contribution in [0.15, 0.2) is 23.3 Å². The summed E-state index contributed by atoms with van der Waals surface area (Å²) in [5, 5.41) is 0. The van der Waals surface area contributed by atoms with Crippen molar-refractivity contribution < 1.29 is 228 Å². The van der Waals surface area contributed by atoms with Crippen molar-refractivity contribution in [3.05, 3.63) is 23.3 Å². The summed E-state index contributed by atoms with van der Waals surface area (Å²) in [4.78, 5) is 0. The first-order chi connectivity index (χ1) is 33.4. The van der Waals surface area contributed by atoms with Crippen LogP contribution in [-0.2, 0) is 0 Å². The Labute approximate surface area is 396 Å². The Kier molecular flexibility index (Phi) is 17.7. The van der Waals surface area contributed by atoms with Crippen LogP contribution in [0.3, 0.4) is 0 Å². The van der Waals surface area contributed by atoms with Gasteiger partial charge in [0, 0.05) is 23.3 Å². The predicted molar refractivity (Wildman–Crippen MR) is 139 cm³/mol. The van der Waals surface area contributed by atoms with Crippen LogP contribution in [0, 0.1) is 0 Å². The lowest BCUT2D eigenvalue weighted by atomic mass is 9.79.